The van der Waals surface area contributed by atoms with Crippen LogP contribution in [0, 0.1) is 6.92 Å². The maximum atomic E-state index is 12.7. The van der Waals surface area contributed by atoms with Gasteiger partial charge >= 0.3 is 0 Å². The molecule has 0 aliphatic carbocycles. The summed E-state index contributed by atoms with van der Waals surface area (Å²) in [6, 6.07) is 7.93. The Hall–Kier alpha value is -3.00. The van der Waals surface area contributed by atoms with E-state index in [0.717, 1.165) is 10.6 Å². The smallest absolute Gasteiger partial charge is 0.265 e. The van der Waals surface area contributed by atoms with Gasteiger partial charge in [0.25, 0.3) is 5.91 Å². The van der Waals surface area contributed by atoms with E-state index in [0.29, 0.717) is 18.0 Å². The Bertz CT molecular complexity index is 861. The first-order valence-electron chi connectivity index (χ1n) is 7.52. The molecule has 0 aliphatic rings. The number of carbonyl (C=O) groups excluding carboxylic acids is 1. The van der Waals surface area contributed by atoms with Crippen molar-refractivity contribution in [3.8, 4) is 17.2 Å². The Morgan fingerprint density at radius 1 is 1.32 bits per heavy atom. The zero-order chi connectivity index (χ0) is 17.8. The molecule has 0 saturated heterocycles. The number of nitrogens with zero attached hydrogens (tertiary/aromatic N) is 2. The van der Waals surface area contributed by atoms with Crippen molar-refractivity contribution in [3.05, 3.63) is 52.5 Å². The molecule has 2 aromatic heterocycles. The molecule has 1 amide bonds. The molecule has 0 bridgehead atoms. The molecule has 0 saturated carbocycles. The number of aromatic nitrogens is 2. The molecule has 3 rings (SSSR count). The first kappa shape index (κ1) is 16.8. The van der Waals surface area contributed by atoms with E-state index in [-0.39, 0.29) is 24.0 Å². The average Bonchev–Trinajstić information content (AvgIpc) is 3.25. The minimum atomic E-state index is -0.300. The second kappa shape index (κ2) is 7.27. The Kier molecular flexibility index (Phi) is 4.90. The lowest BCUT2D eigenvalue weighted by molar-refractivity contribution is -0.120. The number of rotatable bonds is 6. The Morgan fingerprint density at radius 2 is 2.16 bits per heavy atom. The maximum Gasteiger partial charge on any atom is 0.265 e. The van der Waals surface area contributed by atoms with Crippen LogP contribution in [0.3, 0.4) is 0 Å². The summed E-state index contributed by atoms with van der Waals surface area (Å²) in [6.07, 6.45) is 1.60. The summed E-state index contributed by atoms with van der Waals surface area (Å²) < 4.78 is 5.45. The van der Waals surface area contributed by atoms with E-state index in [1.165, 1.54) is 18.2 Å². The van der Waals surface area contributed by atoms with Crippen LogP contribution in [0.2, 0.25) is 0 Å². The number of hydrogen-bond acceptors (Lipinski definition) is 6. The average molecular weight is 359 g/mol. The number of benzene rings is 1. The van der Waals surface area contributed by atoms with Crippen molar-refractivity contribution in [1.29, 1.82) is 0 Å². The molecule has 0 aliphatic heterocycles. The fraction of sp³-hybridized carbons (Fsp3) is 0.176. The third-order valence-corrected chi connectivity index (χ3v) is 4.46. The highest BCUT2D eigenvalue weighted by Gasteiger charge is 2.20. The van der Waals surface area contributed by atoms with Crippen LogP contribution in [0.4, 0.5) is 5.69 Å². The molecule has 8 heteroatoms. The van der Waals surface area contributed by atoms with Gasteiger partial charge in [0, 0.05) is 10.9 Å². The molecule has 3 N–H and O–H groups in total. The predicted molar refractivity (Wildman–Crippen MR) is 94.1 cm³/mol. The Balaban J connectivity index is 1.74. The zero-order valence-electron chi connectivity index (χ0n) is 13.5. The molecule has 2 heterocycles. The van der Waals surface area contributed by atoms with Gasteiger partial charge in [-0.1, -0.05) is 6.07 Å². The zero-order valence-corrected chi connectivity index (χ0v) is 14.3. The number of phenols is 2. The van der Waals surface area contributed by atoms with Crippen LogP contribution in [-0.4, -0.2) is 32.9 Å². The highest BCUT2D eigenvalue weighted by atomic mass is 32.1. The van der Waals surface area contributed by atoms with Crippen LogP contribution in [0.25, 0.3) is 0 Å². The van der Waals surface area contributed by atoms with E-state index in [1.54, 1.807) is 22.4 Å². The summed E-state index contributed by atoms with van der Waals surface area (Å²) >= 11 is 1.56. The van der Waals surface area contributed by atoms with E-state index >= 15 is 0 Å². The van der Waals surface area contributed by atoms with Crippen LogP contribution < -0.4 is 9.64 Å². The molecule has 0 radical (unpaired) electrons. The number of anilines is 1. The Labute approximate surface area is 148 Å². The number of aromatic amines is 1. The SMILES string of the molecule is Cc1[nH]ncc1N(Cc1cccs1)C(=O)COc1ccc(O)c(O)c1. The quantitative estimate of drug-likeness (QED) is 0.588. The van der Waals surface area contributed by atoms with Crippen LogP contribution in [0.1, 0.15) is 10.6 Å². The maximum absolute atomic E-state index is 12.7. The van der Waals surface area contributed by atoms with Crippen molar-refractivity contribution < 1.29 is 19.7 Å². The lowest BCUT2D eigenvalue weighted by Gasteiger charge is -2.21. The van der Waals surface area contributed by atoms with Crippen molar-refractivity contribution in [2.24, 2.45) is 0 Å². The molecule has 130 valence electrons. The first-order chi connectivity index (χ1) is 12.0. The standard InChI is InChI=1S/C17H17N3O4S/c1-11-14(8-18-19-11)20(9-13-3-2-6-25-13)17(23)10-24-12-4-5-15(21)16(22)7-12/h2-8,21-22H,9-10H2,1H3,(H,18,19). The van der Waals surface area contributed by atoms with Gasteiger partial charge in [0.2, 0.25) is 0 Å². The first-order valence-corrected chi connectivity index (χ1v) is 8.40. The van der Waals surface area contributed by atoms with Gasteiger partial charge in [-0.2, -0.15) is 5.10 Å². The number of nitrogens with one attached hydrogen (secondary N) is 1. The van der Waals surface area contributed by atoms with Crippen molar-refractivity contribution in [1.82, 2.24) is 10.2 Å². The molecule has 0 spiro atoms. The van der Waals surface area contributed by atoms with Crippen molar-refractivity contribution in [2.45, 2.75) is 13.5 Å². The number of amides is 1. The summed E-state index contributed by atoms with van der Waals surface area (Å²) in [5.41, 5.74) is 1.47. The number of H-pyrrole nitrogens is 1. The van der Waals surface area contributed by atoms with Crippen LogP contribution in [0.15, 0.2) is 41.9 Å². The van der Waals surface area contributed by atoms with E-state index in [9.17, 15) is 15.0 Å². The minimum absolute atomic E-state index is 0.208. The van der Waals surface area contributed by atoms with Gasteiger partial charge in [0.05, 0.1) is 24.1 Å². The summed E-state index contributed by atoms with van der Waals surface area (Å²) in [5.74, 6) is -0.493. The summed E-state index contributed by atoms with van der Waals surface area (Å²) in [7, 11) is 0. The van der Waals surface area contributed by atoms with Gasteiger partial charge in [0.15, 0.2) is 18.1 Å². The van der Waals surface area contributed by atoms with Gasteiger partial charge in [-0.3, -0.25) is 9.89 Å². The Morgan fingerprint density at radius 3 is 2.80 bits per heavy atom. The summed E-state index contributed by atoms with van der Waals surface area (Å²) in [6.45, 7) is 2.05. The van der Waals surface area contributed by atoms with Gasteiger partial charge in [0.1, 0.15) is 5.75 Å². The number of carbonyl (C=O) groups is 1. The minimum Gasteiger partial charge on any atom is -0.504 e. The van der Waals surface area contributed by atoms with Crippen molar-refractivity contribution >= 4 is 22.9 Å². The molecule has 0 atom stereocenters. The van der Waals surface area contributed by atoms with Crippen molar-refractivity contribution in [3.63, 3.8) is 0 Å². The van der Waals surface area contributed by atoms with E-state index in [4.69, 9.17) is 4.74 Å². The van der Waals surface area contributed by atoms with Gasteiger partial charge < -0.3 is 19.8 Å². The number of phenolic OH excluding ortho intramolecular Hbond substituents is 2. The highest BCUT2D eigenvalue weighted by molar-refractivity contribution is 7.09. The molecular formula is C17H17N3O4S. The number of aryl methyl sites for hydroxylation is 1. The summed E-state index contributed by atoms with van der Waals surface area (Å²) in [5, 5.41) is 27.6. The fourth-order valence-electron chi connectivity index (χ4n) is 2.30. The van der Waals surface area contributed by atoms with Gasteiger partial charge in [-0.15, -0.1) is 11.3 Å². The largest absolute Gasteiger partial charge is 0.504 e. The number of hydrogen-bond donors (Lipinski definition) is 3. The molecule has 1 aromatic carbocycles. The fourth-order valence-corrected chi connectivity index (χ4v) is 2.99. The monoisotopic (exact) mass is 359 g/mol. The van der Waals surface area contributed by atoms with Crippen LogP contribution in [-0.2, 0) is 11.3 Å². The number of aromatic hydroxyl groups is 2. The van der Waals surface area contributed by atoms with Crippen LogP contribution >= 0.6 is 11.3 Å². The molecule has 0 fully saturated rings. The van der Waals surface area contributed by atoms with Crippen LogP contribution in [0.5, 0.6) is 17.2 Å². The normalized spacial score (nSPS) is 10.6. The second-order valence-corrected chi connectivity index (χ2v) is 6.41. The topological polar surface area (TPSA) is 98.7 Å². The number of thiophene rings is 1. The lowest BCUT2D eigenvalue weighted by Crippen LogP contribution is -2.34. The third kappa shape index (κ3) is 3.92. The van der Waals surface area contributed by atoms with E-state index in [1.807, 2.05) is 24.4 Å². The second-order valence-electron chi connectivity index (χ2n) is 5.38. The summed E-state index contributed by atoms with van der Waals surface area (Å²) in [4.78, 5) is 15.3. The third-order valence-electron chi connectivity index (χ3n) is 3.60. The van der Waals surface area contributed by atoms with Gasteiger partial charge in [-0.05, 0) is 30.5 Å². The molecule has 25 heavy (non-hydrogen) atoms. The van der Waals surface area contributed by atoms with Gasteiger partial charge in [-0.25, -0.2) is 0 Å². The molecule has 7 nitrogen and oxygen atoms in total. The lowest BCUT2D eigenvalue weighted by atomic mass is 10.3. The molecule has 3 aromatic rings. The highest BCUT2D eigenvalue weighted by Crippen LogP contribution is 2.29. The predicted octanol–water partition coefficient (Wildman–Crippen LogP) is 2.80. The molecule has 0 unspecified atom stereocenters. The van der Waals surface area contributed by atoms with E-state index in [2.05, 4.69) is 10.2 Å². The number of ether oxygens (including phenoxy) is 1. The van der Waals surface area contributed by atoms with E-state index < -0.39 is 0 Å². The van der Waals surface area contributed by atoms with Crippen molar-refractivity contribution in [2.75, 3.05) is 11.5 Å². The molecular weight excluding hydrogens is 342 g/mol.